The quantitative estimate of drug-likeness (QED) is 0.820. The van der Waals surface area contributed by atoms with Crippen LogP contribution in [0.2, 0.25) is 0 Å². The summed E-state index contributed by atoms with van der Waals surface area (Å²) in [5.74, 6) is -0.696. The molecule has 0 aliphatic heterocycles. The summed E-state index contributed by atoms with van der Waals surface area (Å²) in [6, 6.07) is 3.32. The molecule has 1 nitrogen and oxygen atoms in total. The number of alkyl halides is 3. The molecule has 0 amide bonds. The van der Waals surface area contributed by atoms with Crippen LogP contribution in [0.25, 0.3) is 0 Å². The van der Waals surface area contributed by atoms with Gasteiger partial charge in [0.05, 0.1) is 4.47 Å². The van der Waals surface area contributed by atoms with Crippen molar-refractivity contribution >= 4 is 31.9 Å². The van der Waals surface area contributed by atoms with E-state index >= 15 is 0 Å². The second-order valence-electron chi connectivity index (χ2n) is 2.62. The van der Waals surface area contributed by atoms with Gasteiger partial charge in [-0.1, -0.05) is 6.07 Å². The summed E-state index contributed by atoms with van der Waals surface area (Å²) in [6.07, 6.45) is -2.06. The Hall–Kier alpha value is -0.0700. The maximum absolute atomic E-state index is 12.9. The minimum atomic E-state index is -3.47. The first-order valence-corrected chi connectivity index (χ1v) is 5.10. The number of hydrogen-bond donors (Lipinski definition) is 1. The molecule has 6 heteroatoms. The van der Waals surface area contributed by atoms with Gasteiger partial charge in [0, 0.05) is 0 Å². The lowest BCUT2D eigenvalue weighted by molar-refractivity contribution is -0.0295. The van der Waals surface area contributed by atoms with Crippen molar-refractivity contribution in [2.24, 2.45) is 0 Å². The summed E-state index contributed by atoms with van der Waals surface area (Å²) < 4.78 is 38.2. The summed E-state index contributed by atoms with van der Waals surface area (Å²) in [5.41, 5.74) is -0.187. The molecule has 1 aromatic carbocycles. The Morgan fingerprint density at radius 3 is 2.36 bits per heavy atom. The van der Waals surface area contributed by atoms with E-state index in [1.165, 1.54) is 12.1 Å². The third kappa shape index (κ3) is 2.71. The van der Waals surface area contributed by atoms with E-state index in [-0.39, 0.29) is 10.0 Å². The van der Waals surface area contributed by atoms with E-state index in [0.717, 1.165) is 6.07 Å². The molecule has 0 fully saturated rings. The molecule has 0 radical (unpaired) electrons. The highest BCUT2D eigenvalue weighted by Crippen LogP contribution is 2.37. The molecule has 0 saturated heterocycles. The van der Waals surface area contributed by atoms with E-state index in [4.69, 9.17) is 5.11 Å². The third-order valence-electron chi connectivity index (χ3n) is 1.57. The average Bonchev–Trinajstić information content (AvgIpc) is 2.07. The fraction of sp³-hybridized carbons (Fsp3) is 0.250. The van der Waals surface area contributed by atoms with Gasteiger partial charge >= 0.3 is 4.83 Å². The van der Waals surface area contributed by atoms with Crippen molar-refractivity contribution in [1.29, 1.82) is 0 Å². The molecule has 0 aromatic heterocycles. The molecule has 14 heavy (non-hydrogen) atoms. The summed E-state index contributed by atoms with van der Waals surface area (Å²) in [7, 11) is 0. The van der Waals surface area contributed by atoms with E-state index in [2.05, 4.69) is 15.9 Å². The van der Waals surface area contributed by atoms with E-state index < -0.39 is 16.8 Å². The van der Waals surface area contributed by atoms with Crippen LogP contribution in [0.4, 0.5) is 13.2 Å². The second-order valence-corrected chi connectivity index (χ2v) is 4.53. The van der Waals surface area contributed by atoms with Crippen LogP contribution in [0.1, 0.15) is 11.7 Å². The number of halogens is 5. The Balaban J connectivity index is 3.03. The van der Waals surface area contributed by atoms with Crippen molar-refractivity contribution in [1.82, 2.24) is 0 Å². The van der Waals surface area contributed by atoms with Gasteiger partial charge in [0.15, 0.2) is 6.10 Å². The highest BCUT2D eigenvalue weighted by atomic mass is 79.9. The molecular formula is C8H5Br2F3O. The molecule has 1 rings (SSSR count). The fourth-order valence-electron chi connectivity index (χ4n) is 0.871. The van der Waals surface area contributed by atoms with Crippen molar-refractivity contribution in [3.8, 4) is 0 Å². The van der Waals surface area contributed by atoms with Gasteiger partial charge in [-0.25, -0.2) is 4.39 Å². The first-order chi connectivity index (χ1) is 6.32. The smallest absolute Gasteiger partial charge is 0.330 e. The first-order valence-electron chi connectivity index (χ1n) is 3.52. The Bertz CT molecular complexity index is 338. The lowest BCUT2D eigenvalue weighted by Crippen LogP contribution is -2.18. The highest BCUT2D eigenvalue weighted by molar-refractivity contribution is 9.10. The van der Waals surface area contributed by atoms with Crippen LogP contribution < -0.4 is 0 Å². The minimum absolute atomic E-state index is 0.159. The lowest BCUT2D eigenvalue weighted by atomic mass is 10.1. The summed E-state index contributed by atoms with van der Waals surface area (Å²) in [5, 5.41) is 9.09. The normalized spacial score (nSPS) is 14.1. The maximum atomic E-state index is 12.9. The van der Waals surface area contributed by atoms with Crippen LogP contribution >= 0.6 is 31.9 Å². The van der Waals surface area contributed by atoms with E-state index in [9.17, 15) is 13.2 Å². The van der Waals surface area contributed by atoms with Crippen molar-refractivity contribution < 1.29 is 18.3 Å². The van der Waals surface area contributed by atoms with Crippen LogP contribution in [0.5, 0.6) is 0 Å². The highest BCUT2D eigenvalue weighted by Gasteiger charge is 2.36. The Morgan fingerprint density at radius 1 is 1.36 bits per heavy atom. The molecule has 0 saturated carbocycles. The zero-order valence-electron chi connectivity index (χ0n) is 6.65. The Kier molecular flexibility index (Phi) is 3.60. The predicted molar refractivity (Wildman–Crippen MR) is 52.9 cm³/mol. The van der Waals surface area contributed by atoms with Gasteiger partial charge in [0.1, 0.15) is 5.82 Å². The maximum Gasteiger partial charge on any atom is 0.330 e. The summed E-state index contributed by atoms with van der Waals surface area (Å²) in [4.78, 5) is -3.47. The van der Waals surface area contributed by atoms with Crippen LogP contribution in [0.3, 0.4) is 0 Å². The van der Waals surface area contributed by atoms with Crippen LogP contribution in [-0.4, -0.2) is 9.94 Å². The number of benzene rings is 1. The van der Waals surface area contributed by atoms with Crippen LogP contribution in [0.15, 0.2) is 22.7 Å². The van der Waals surface area contributed by atoms with Gasteiger partial charge in [-0.3, -0.25) is 0 Å². The van der Waals surface area contributed by atoms with Gasteiger partial charge in [-0.15, -0.1) is 0 Å². The molecule has 0 heterocycles. The topological polar surface area (TPSA) is 20.2 Å². The second kappa shape index (κ2) is 4.20. The average molecular weight is 334 g/mol. The van der Waals surface area contributed by atoms with Crippen LogP contribution in [0, 0.1) is 5.82 Å². The molecule has 0 aliphatic carbocycles. The predicted octanol–water partition coefficient (Wildman–Crippen LogP) is 3.61. The van der Waals surface area contributed by atoms with Crippen LogP contribution in [-0.2, 0) is 0 Å². The molecule has 78 valence electrons. The third-order valence-corrected chi connectivity index (χ3v) is 2.65. The monoisotopic (exact) mass is 332 g/mol. The number of aliphatic hydroxyl groups excluding tert-OH is 1. The van der Waals surface area contributed by atoms with Crippen molar-refractivity contribution in [2.45, 2.75) is 10.9 Å². The summed E-state index contributed by atoms with van der Waals surface area (Å²) >= 11 is 4.88. The van der Waals surface area contributed by atoms with E-state index in [1.807, 2.05) is 15.9 Å². The molecule has 1 aromatic rings. The van der Waals surface area contributed by atoms with Crippen molar-refractivity contribution in [2.75, 3.05) is 0 Å². The molecule has 1 unspecified atom stereocenters. The minimum Gasteiger partial charge on any atom is -0.381 e. The molecule has 0 spiro atoms. The molecule has 0 bridgehead atoms. The van der Waals surface area contributed by atoms with E-state index in [1.54, 1.807) is 0 Å². The molecular weight excluding hydrogens is 329 g/mol. The lowest BCUT2D eigenvalue weighted by Gasteiger charge is -2.16. The fourth-order valence-corrected chi connectivity index (χ4v) is 1.38. The zero-order valence-corrected chi connectivity index (χ0v) is 9.82. The van der Waals surface area contributed by atoms with Gasteiger partial charge < -0.3 is 5.11 Å². The molecule has 1 N–H and O–H groups in total. The first kappa shape index (κ1) is 12.0. The van der Waals surface area contributed by atoms with Gasteiger partial charge in [-0.05, 0) is 49.6 Å². The number of hydrogen-bond acceptors (Lipinski definition) is 1. The molecule has 0 aliphatic rings. The van der Waals surface area contributed by atoms with Gasteiger partial charge in [-0.2, -0.15) is 8.78 Å². The van der Waals surface area contributed by atoms with E-state index in [0.29, 0.717) is 0 Å². The number of aliphatic hydroxyl groups is 1. The van der Waals surface area contributed by atoms with Crippen molar-refractivity contribution in [3.05, 3.63) is 34.1 Å². The Morgan fingerprint density at radius 2 is 1.93 bits per heavy atom. The zero-order chi connectivity index (χ0) is 10.9. The molecule has 1 atom stereocenters. The standard InChI is InChI=1S/C8H5Br2F3O/c9-5-2-1-4(3-6(5)11)7(14)8(10,12)13/h1-3,7,14H. The number of rotatable bonds is 2. The Labute approximate surface area is 95.2 Å². The van der Waals surface area contributed by atoms with Gasteiger partial charge in [0.25, 0.3) is 0 Å². The van der Waals surface area contributed by atoms with Crippen molar-refractivity contribution in [3.63, 3.8) is 0 Å². The van der Waals surface area contributed by atoms with Gasteiger partial charge in [0.2, 0.25) is 0 Å². The summed E-state index contributed by atoms with van der Waals surface area (Å²) in [6.45, 7) is 0. The SMILES string of the molecule is OC(c1ccc(Br)c(F)c1)C(F)(F)Br. The largest absolute Gasteiger partial charge is 0.381 e.